The number of para-hydroxylation sites is 2. The fraction of sp³-hybridized carbons (Fsp3) is 0.211. The van der Waals surface area contributed by atoms with Crippen molar-refractivity contribution in [2.45, 2.75) is 25.8 Å². The van der Waals surface area contributed by atoms with Gasteiger partial charge in [0, 0.05) is 5.69 Å². The molecular weight excluding hydrogens is 302 g/mol. The van der Waals surface area contributed by atoms with Gasteiger partial charge in [-0.15, -0.1) is 0 Å². The third-order valence-corrected chi connectivity index (χ3v) is 4.44. The van der Waals surface area contributed by atoms with E-state index in [4.69, 9.17) is 0 Å². The summed E-state index contributed by atoms with van der Waals surface area (Å²) in [7, 11) is 0. The molecule has 1 aromatic heterocycles. The van der Waals surface area contributed by atoms with Crippen LogP contribution in [0.15, 0.2) is 53.5 Å². The Morgan fingerprint density at radius 1 is 1.12 bits per heavy atom. The zero-order valence-electron chi connectivity index (χ0n) is 13.2. The Hall–Kier alpha value is -2.95. The minimum absolute atomic E-state index is 0.0288. The predicted octanol–water partition coefficient (Wildman–Crippen LogP) is 2.52. The van der Waals surface area contributed by atoms with Gasteiger partial charge < -0.3 is 5.32 Å². The Labute approximate surface area is 139 Å². The highest BCUT2D eigenvalue weighted by Crippen LogP contribution is 2.24. The fourth-order valence-electron chi connectivity index (χ4n) is 3.27. The second-order valence-electron chi connectivity index (χ2n) is 6.06. The maximum atomic E-state index is 12.4. The lowest BCUT2D eigenvalue weighted by Gasteiger charge is -2.11. The maximum Gasteiger partial charge on any atom is 0.269 e. The maximum absolute atomic E-state index is 12.4. The number of benzene rings is 2. The molecule has 0 spiro atoms. The highest BCUT2D eigenvalue weighted by Gasteiger charge is 2.13. The van der Waals surface area contributed by atoms with Crippen molar-refractivity contribution in [2.75, 3.05) is 5.32 Å². The van der Waals surface area contributed by atoms with E-state index in [1.54, 1.807) is 6.07 Å². The largest absolute Gasteiger partial charge is 0.325 e. The summed E-state index contributed by atoms with van der Waals surface area (Å²) >= 11 is 0. The van der Waals surface area contributed by atoms with Gasteiger partial charge in [0.25, 0.3) is 5.56 Å². The van der Waals surface area contributed by atoms with E-state index in [-0.39, 0.29) is 18.0 Å². The van der Waals surface area contributed by atoms with Crippen LogP contribution in [0, 0.1) is 0 Å². The molecule has 120 valence electrons. The van der Waals surface area contributed by atoms with Gasteiger partial charge in [-0.2, -0.15) is 0 Å². The molecule has 5 nitrogen and oxygen atoms in total. The van der Waals surface area contributed by atoms with Crippen LogP contribution in [-0.4, -0.2) is 15.5 Å². The summed E-state index contributed by atoms with van der Waals surface area (Å²) < 4.78 is 1.45. The summed E-state index contributed by atoms with van der Waals surface area (Å²) in [5.41, 5.74) is 4.53. The summed E-state index contributed by atoms with van der Waals surface area (Å²) in [5.74, 6) is -0.216. The van der Waals surface area contributed by atoms with Gasteiger partial charge in [0.05, 0.1) is 17.2 Å². The standard InChI is InChI=1S/C19H17N3O2/c23-18(21-15-9-8-13-4-3-5-14(13)10-15)12-22-17-7-2-1-6-16(17)20-11-19(22)24/h1-2,6-11H,3-5,12H2,(H,21,23). The molecule has 0 aliphatic heterocycles. The molecule has 2 aromatic carbocycles. The summed E-state index contributed by atoms with van der Waals surface area (Å²) in [4.78, 5) is 28.6. The molecule has 1 N–H and O–H groups in total. The second kappa shape index (κ2) is 5.92. The van der Waals surface area contributed by atoms with Crippen LogP contribution in [0.5, 0.6) is 0 Å². The molecule has 1 aliphatic carbocycles. The molecule has 5 heteroatoms. The number of aryl methyl sites for hydroxylation is 2. The van der Waals surface area contributed by atoms with E-state index in [0.29, 0.717) is 11.0 Å². The topological polar surface area (TPSA) is 64.0 Å². The predicted molar refractivity (Wildman–Crippen MR) is 93.1 cm³/mol. The smallest absolute Gasteiger partial charge is 0.269 e. The summed E-state index contributed by atoms with van der Waals surface area (Å²) in [6.45, 7) is -0.0288. The first-order chi connectivity index (χ1) is 11.7. The molecule has 3 aromatic rings. The van der Waals surface area contributed by atoms with Crippen molar-refractivity contribution in [3.05, 3.63) is 70.1 Å². The number of hydrogen-bond acceptors (Lipinski definition) is 3. The van der Waals surface area contributed by atoms with Crippen LogP contribution in [0.4, 0.5) is 5.69 Å². The summed E-state index contributed by atoms with van der Waals surface area (Å²) in [6, 6.07) is 13.3. The van der Waals surface area contributed by atoms with E-state index in [9.17, 15) is 9.59 Å². The molecular formula is C19H17N3O2. The van der Waals surface area contributed by atoms with Crippen LogP contribution < -0.4 is 10.9 Å². The minimum Gasteiger partial charge on any atom is -0.325 e. The van der Waals surface area contributed by atoms with Crippen LogP contribution >= 0.6 is 0 Å². The molecule has 0 fully saturated rings. The number of fused-ring (bicyclic) bond motifs is 2. The number of aromatic nitrogens is 2. The van der Waals surface area contributed by atoms with Crippen molar-refractivity contribution < 1.29 is 4.79 Å². The van der Waals surface area contributed by atoms with Crippen molar-refractivity contribution in [3.63, 3.8) is 0 Å². The lowest BCUT2D eigenvalue weighted by molar-refractivity contribution is -0.116. The molecule has 0 saturated carbocycles. The highest BCUT2D eigenvalue weighted by atomic mass is 16.2. The number of hydrogen-bond donors (Lipinski definition) is 1. The van der Waals surface area contributed by atoms with E-state index < -0.39 is 0 Å². The van der Waals surface area contributed by atoms with E-state index in [0.717, 1.165) is 18.5 Å². The number of anilines is 1. The van der Waals surface area contributed by atoms with Gasteiger partial charge >= 0.3 is 0 Å². The second-order valence-corrected chi connectivity index (χ2v) is 6.06. The van der Waals surface area contributed by atoms with Gasteiger partial charge in [0.15, 0.2) is 0 Å². The van der Waals surface area contributed by atoms with Crippen molar-refractivity contribution in [2.24, 2.45) is 0 Å². The third-order valence-electron chi connectivity index (χ3n) is 4.44. The van der Waals surface area contributed by atoms with Crippen molar-refractivity contribution in [1.82, 2.24) is 9.55 Å². The lowest BCUT2D eigenvalue weighted by atomic mass is 10.1. The Bertz CT molecular complexity index is 991. The van der Waals surface area contributed by atoms with Crippen molar-refractivity contribution >= 4 is 22.6 Å². The highest BCUT2D eigenvalue weighted by molar-refractivity contribution is 5.91. The molecule has 0 atom stereocenters. The first-order valence-electron chi connectivity index (χ1n) is 8.07. The third kappa shape index (κ3) is 2.69. The number of amides is 1. The van der Waals surface area contributed by atoms with E-state index in [1.807, 2.05) is 30.3 Å². The van der Waals surface area contributed by atoms with Gasteiger partial charge in [-0.3, -0.25) is 14.2 Å². The Kier molecular flexibility index (Phi) is 3.61. The van der Waals surface area contributed by atoms with Gasteiger partial charge in [-0.25, -0.2) is 4.98 Å². The van der Waals surface area contributed by atoms with Crippen LogP contribution in [-0.2, 0) is 24.2 Å². The molecule has 1 aliphatic rings. The number of nitrogens with one attached hydrogen (secondary N) is 1. The van der Waals surface area contributed by atoms with E-state index >= 15 is 0 Å². The quantitative estimate of drug-likeness (QED) is 0.807. The lowest BCUT2D eigenvalue weighted by Crippen LogP contribution is -2.28. The Balaban J connectivity index is 1.59. The molecule has 0 saturated heterocycles. The molecule has 0 radical (unpaired) electrons. The van der Waals surface area contributed by atoms with Gasteiger partial charge in [-0.1, -0.05) is 18.2 Å². The van der Waals surface area contributed by atoms with Gasteiger partial charge in [0.2, 0.25) is 5.91 Å². The zero-order chi connectivity index (χ0) is 16.5. The van der Waals surface area contributed by atoms with E-state index in [1.165, 1.54) is 28.3 Å². The van der Waals surface area contributed by atoms with Crippen LogP contribution in [0.1, 0.15) is 17.5 Å². The minimum atomic E-state index is -0.280. The average Bonchev–Trinajstić information content (AvgIpc) is 3.05. The molecule has 1 amide bonds. The monoisotopic (exact) mass is 319 g/mol. The molecule has 0 unspecified atom stereocenters. The van der Waals surface area contributed by atoms with Gasteiger partial charge in [0.1, 0.15) is 6.54 Å². The van der Waals surface area contributed by atoms with Crippen LogP contribution in [0.25, 0.3) is 11.0 Å². The Morgan fingerprint density at radius 2 is 1.96 bits per heavy atom. The Morgan fingerprint density at radius 3 is 2.88 bits per heavy atom. The summed E-state index contributed by atoms with van der Waals surface area (Å²) in [6.07, 6.45) is 4.60. The number of rotatable bonds is 3. The van der Waals surface area contributed by atoms with Gasteiger partial charge in [-0.05, 0) is 54.7 Å². The molecule has 1 heterocycles. The van der Waals surface area contributed by atoms with Crippen LogP contribution in [0.3, 0.4) is 0 Å². The SMILES string of the molecule is O=C(Cn1c(=O)cnc2ccccc21)Nc1ccc2c(c1)CCC2. The number of nitrogens with zero attached hydrogens (tertiary/aromatic N) is 2. The van der Waals surface area contributed by atoms with Crippen molar-refractivity contribution in [1.29, 1.82) is 0 Å². The zero-order valence-corrected chi connectivity index (χ0v) is 13.2. The fourth-order valence-corrected chi connectivity index (χ4v) is 3.27. The molecule has 4 rings (SSSR count). The van der Waals surface area contributed by atoms with Crippen molar-refractivity contribution in [3.8, 4) is 0 Å². The van der Waals surface area contributed by atoms with E-state index in [2.05, 4.69) is 16.4 Å². The normalized spacial score (nSPS) is 13.0. The number of carbonyl (C=O) groups excluding carboxylic acids is 1. The summed E-state index contributed by atoms with van der Waals surface area (Å²) in [5, 5.41) is 2.89. The first-order valence-corrected chi connectivity index (χ1v) is 8.07. The van der Waals surface area contributed by atoms with Crippen LogP contribution in [0.2, 0.25) is 0 Å². The molecule has 0 bridgehead atoms. The number of carbonyl (C=O) groups is 1. The first kappa shape index (κ1) is 14.6. The molecule has 24 heavy (non-hydrogen) atoms. The average molecular weight is 319 g/mol.